The summed E-state index contributed by atoms with van der Waals surface area (Å²) in [5, 5.41) is 10.1. The number of esters is 1. The number of hydrogen-bond acceptors (Lipinski definition) is 3. The summed E-state index contributed by atoms with van der Waals surface area (Å²) in [5.41, 5.74) is 3.77. The molecular formula is C32H52O3. The Morgan fingerprint density at radius 2 is 1.74 bits per heavy atom. The minimum atomic E-state index is -0.727. The smallest absolute Gasteiger partial charge is 0.302 e. The fourth-order valence-corrected chi connectivity index (χ4v) is 9.76. The van der Waals surface area contributed by atoms with Gasteiger partial charge in [0.1, 0.15) is 6.10 Å². The summed E-state index contributed by atoms with van der Waals surface area (Å²) < 4.78 is 5.86. The highest BCUT2D eigenvalue weighted by Crippen LogP contribution is 2.72. The molecule has 0 saturated heterocycles. The van der Waals surface area contributed by atoms with Gasteiger partial charge in [-0.25, -0.2) is 0 Å². The predicted octanol–water partition coefficient (Wildman–Crippen LogP) is 8.02. The van der Waals surface area contributed by atoms with Crippen molar-refractivity contribution in [1.29, 1.82) is 0 Å². The molecule has 4 aliphatic carbocycles. The van der Waals surface area contributed by atoms with Crippen LogP contribution in [0.15, 0.2) is 23.3 Å². The van der Waals surface area contributed by atoms with Crippen molar-refractivity contribution in [1.82, 2.24) is 0 Å². The molecule has 3 nitrogen and oxygen atoms in total. The van der Waals surface area contributed by atoms with E-state index in [1.807, 2.05) is 25.5 Å². The summed E-state index contributed by atoms with van der Waals surface area (Å²) in [6.07, 6.45) is 15.0. The highest BCUT2D eigenvalue weighted by Gasteiger charge is 2.63. The molecule has 0 radical (unpaired) electrons. The number of rotatable bonds is 5. The summed E-state index contributed by atoms with van der Waals surface area (Å²) in [5.74, 6) is 1.80. The van der Waals surface area contributed by atoms with E-state index in [2.05, 4.69) is 47.6 Å². The monoisotopic (exact) mass is 484 g/mol. The third kappa shape index (κ3) is 4.26. The number of carbonyl (C=O) groups excluding carboxylic acids is 1. The van der Waals surface area contributed by atoms with Crippen molar-refractivity contribution >= 4 is 5.97 Å². The number of aliphatic hydroxyl groups is 1. The minimum Gasteiger partial charge on any atom is -0.462 e. The molecule has 0 aromatic rings. The van der Waals surface area contributed by atoms with Crippen molar-refractivity contribution in [2.45, 2.75) is 132 Å². The maximum atomic E-state index is 11.8. The first kappa shape index (κ1) is 27.0. The highest BCUT2D eigenvalue weighted by atomic mass is 16.5. The Labute approximate surface area is 215 Å². The van der Waals surface area contributed by atoms with Crippen molar-refractivity contribution in [3.63, 3.8) is 0 Å². The second-order valence-electron chi connectivity index (χ2n) is 14.6. The van der Waals surface area contributed by atoms with Crippen LogP contribution in [-0.2, 0) is 9.53 Å². The summed E-state index contributed by atoms with van der Waals surface area (Å²) in [6.45, 7) is 20.2. The molecule has 35 heavy (non-hydrogen) atoms. The molecule has 4 rings (SSSR count). The fraction of sp³-hybridized carbons (Fsp3) is 0.844. The predicted molar refractivity (Wildman–Crippen MR) is 144 cm³/mol. The number of ether oxygens (including phenoxy) is 1. The summed E-state index contributed by atoms with van der Waals surface area (Å²) in [4.78, 5) is 11.8. The van der Waals surface area contributed by atoms with Gasteiger partial charge in [0.15, 0.2) is 0 Å². The van der Waals surface area contributed by atoms with Gasteiger partial charge in [-0.15, -0.1) is 0 Å². The lowest BCUT2D eigenvalue weighted by molar-refractivity contribution is -0.167. The third-order valence-corrected chi connectivity index (χ3v) is 11.8. The number of allylic oxidation sites excluding steroid dienone is 3. The molecule has 0 aromatic heterocycles. The van der Waals surface area contributed by atoms with Gasteiger partial charge >= 0.3 is 5.97 Å². The molecule has 2 fully saturated rings. The van der Waals surface area contributed by atoms with E-state index in [0.717, 1.165) is 25.2 Å². The Morgan fingerprint density at radius 1 is 1.06 bits per heavy atom. The van der Waals surface area contributed by atoms with E-state index in [4.69, 9.17) is 4.74 Å². The van der Waals surface area contributed by atoms with E-state index in [-0.39, 0.29) is 22.9 Å². The molecule has 0 aromatic carbocycles. The summed E-state index contributed by atoms with van der Waals surface area (Å²) in [6, 6.07) is 0. The van der Waals surface area contributed by atoms with Crippen LogP contribution in [0.25, 0.3) is 0 Å². The Balaban J connectivity index is 1.62. The normalized spacial score (nSPS) is 41.8. The Bertz CT molecular complexity index is 904. The molecule has 0 unspecified atom stereocenters. The lowest BCUT2D eigenvalue weighted by Gasteiger charge is -2.62. The molecule has 0 heterocycles. The van der Waals surface area contributed by atoms with Crippen LogP contribution in [0.1, 0.15) is 120 Å². The van der Waals surface area contributed by atoms with E-state index in [0.29, 0.717) is 22.7 Å². The zero-order chi connectivity index (χ0) is 26.0. The van der Waals surface area contributed by atoms with Crippen LogP contribution in [0, 0.1) is 39.4 Å². The Kier molecular flexibility index (Phi) is 6.73. The van der Waals surface area contributed by atoms with Crippen LogP contribution in [-0.4, -0.2) is 22.8 Å². The van der Waals surface area contributed by atoms with Gasteiger partial charge < -0.3 is 9.84 Å². The molecule has 2 saturated carbocycles. The van der Waals surface area contributed by atoms with Gasteiger partial charge in [0.2, 0.25) is 0 Å². The van der Waals surface area contributed by atoms with Crippen molar-refractivity contribution < 1.29 is 14.6 Å². The molecular weight excluding hydrogens is 432 g/mol. The van der Waals surface area contributed by atoms with Gasteiger partial charge in [-0.05, 0) is 106 Å². The first-order chi connectivity index (χ1) is 16.1. The summed E-state index contributed by atoms with van der Waals surface area (Å²) >= 11 is 0. The van der Waals surface area contributed by atoms with Crippen molar-refractivity contribution in [3.8, 4) is 0 Å². The van der Waals surface area contributed by atoms with Gasteiger partial charge in [0.25, 0.3) is 0 Å². The average molecular weight is 485 g/mol. The molecule has 0 aliphatic heterocycles. The van der Waals surface area contributed by atoms with Gasteiger partial charge in [-0.3, -0.25) is 4.79 Å². The SMILES string of the molecule is CC(=O)O[C@H]1CC[C@]2(C)C3=C(CC[C@@H]2C1(C)C)[C@]1(C)CC[C@H]([C@H](C)C/C=C/C(C)(C)O)[C@@]1(C)CC3. The van der Waals surface area contributed by atoms with Crippen LogP contribution >= 0.6 is 0 Å². The molecule has 0 spiro atoms. The molecule has 0 bridgehead atoms. The standard InChI is InChI=1S/C32H52O3/c1-21(11-10-17-28(3,4)34)23-14-19-32(9)25-12-13-26-29(5,6)27(35-22(2)33)16-18-30(26,7)24(25)15-20-31(23,32)8/h10,17,21,23,26-27,34H,11-16,18-20H2,1-9H3/b17-10+/t21-,23-,26-,27+,30-,31-,32+/m1/s1. The lowest BCUT2D eigenvalue weighted by atomic mass is 9.43. The molecule has 0 amide bonds. The Morgan fingerprint density at radius 3 is 2.37 bits per heavy atom. The first-order valence-corrected chi connectivity index (χ1v) is 14.4. The Hall–Kier alpha value is -1.09. The third-order valence-electron chi connectivity index (χ3n) is 11.8. The quantitative estimate of drug-likeness (QED) is 0.317. The van der Waals surface area contributed by atoms with Gasteiger partial charge in [-0.2, -0.15) is 0 Å². The van der Waals surface area contributed by atoms with E-state index >= 15 is 0 Å². The zero-order valence-corrected chi connectivity index (χ0v) is 24.1. The molecule has 7 atom stereocenters. The molecule has 3 heteroatoms. The van der Waals surface area contributed by atoms with Crippen molar-refractivity contribution in [2.75, 3.05) is 0 Å². The zero-order valence-electron chi connectivity index (χ0n) is 24.1. The average Bonchev–Trinajstić information content (AvgIpc) is 3.00. The minimum absolute atomic E-state index is 0.0123. The number of hydrogen-bond donors (Lipinski definition) is 1. The van der Waals surface area contributed by atoms with Gasteiger partial charge in [0, 0.05) is 12.3 Å². The molecule has 1 N–H and O–H groups in total. The largest absolute Gasteiger partial charge is 0.462 e. The van der Waals surface area contributed by atoms with Crippen LogP contribution in [0.3, 0.4) is 0 Å². The van der Waals surface area contributed by atoms with E-state index in [1.54, 1.807) is 12.5 Å². The number of carbonyl (C=O) groups is 1. The summed E-state index contributed by atoms with van der Waals surface area (Å²) in [7, 11) is 0. The van der Waals surface area contributed by atoms with Crippen LogP contribution in [0.4, 0.5) is 0 Å². The van der Waals surface area contributed by atoms with Crippen LogP contribution < -0.4 is 0 Å². The van der Waals surface area contributed by atoms with Gasteiger partial charge in [-0.1, -0.05) is 64.8 Å². The van der Waals surface area contributed by atoms with E-state index in [9.17, 15) is 9.90 Å². The second kappa shape index (κ2) is 8.74. The van der Waals surface area contributed by atoms with Gasteiger partial charge in [0.05, 0.1) is 5.60 Å². The van der Waals surface area contributed by atoms with Crippen LogP contribution in [0.2, 0.25) is 0 Å². The molecule has 4 aliphatic rings. The lowest BCUT2D eigenvalue weighted by Crippen LogP contribution is -2.55. The first-order valence-electron chi connectivity index (χ1n) is 14.4. The molecule has 198 valence electrons. The maximum Gasteiger partial charge on any atom is 0.302 e. The van der Waals surface area contributed by atoms with Crippen molar-refractivity contribution in [3.05, 3.63) is 23.3 Å². The van der Waals surface area contributed by atoms with Crippen LogP contribution in [0.5, 0.6) is 0 Å². The maximum absolute atomic E-state index is 11.8. The van der Waals surface area contributed by atoms with E-state index < -0.39 is 5.60 Å². The fourth-order valence-electron chi connectivity index (χ4n) is 9.76. The second-order valence-corrected chi connectivity index (χ2v) is 14.6. The van der Waals surface area contributed by atoms with Crippen molar-refractivity contribution in [2.24, 2.45) is 39.4 Å². The topological polar surface area (TPSA) is 46.5 Å². The number of fused-ring (bicyclic) bond motifs is 4. The highest BCUT2D eigenvalue weighted by molar-refractivity contribution is 5.66. The van der Waals surface area contributed by atoms with E-state index in [1.165, 1.54) is 38.5 Å².